The molecule has 0 N–H and O–H groups in total. The predicted octanol–water partition coefficient (Wildman–Crippen LogP) is 4.88. The molecule has 1 fully saturated rings. The average Bonchev–Trinajstić information content (AvgIpc) is 3.12. The Morgan fingerprint density at radius 2 is 1.32 bits per heavy atom. The van der Waals surface area contributed by atoms with E-state index in [0.717, 1.165) is 11.2 Å². The molecule has 4 aromatic rings. The number of rotatable bonds is 2. The fraction of sp³-hybridized carbons (Fsp3) is 0.250. The molecule has 0 bridgehead atoms. The lowest BCUT2D eigenvalue weighted by Gasteiger charge is -2.32. The molecule has 5 rings (SSSR count). The van der Waals surface area contributed by atoms with Crippen LogP contribution in [0.1, 0.15) is 27.7 Å². The zero-order valence-corrected chi connectivity index (χ0v) is 16.7. The van der Waals surface area contributed by atoms with Crippen molar-refractivity contribution in [3.05, 3.63) is 72.8 Å². The summed E-state index contributed by atoms with van der Waals surface area (Å²) in [6, 6.07) is 26.5. The molecule has 0 amide bonds. The lowest BCUT2D eigenvalue weighted by Crippen LogP contribution is -2.41. The maximum absolute atomic E-state index is 6.25. The lowest BCUT2D eigenvalue weighted by molar-refractivity contribution is 0.00578. The first-order chi connectivity index (χ1) is 13.4. The van der Waals surface area contributed by atoms with E-state index in [9.17, 15) is 0 Å². The van der Waals surface area contributed by atoms with E-state index >= 15 is 0 Å². The van der Waals surface area contributed by atoms with E-state index in [0.29, 0.717) is 0 Å². The highest BCUT2D eigenvalue weighted by molar-refractivity contribution is 6.62. The van der Waals surface area contributed by atoms with Gasteiger partial charge in [-0.3, -0.25) is 0 Å². The first kappa shape index (κ1) is 17.5. The fourth-order valence-electron chi connectivity index (χ4n) is 3.92. The molecular formula is C24H23BNO2. The molecule has 0 saturated carbocycles. The molecule has 3 aromatic carbocycles. The fourth-order valence-corrected chi connectivity index (χ4v) is 3.92. The Kier molecular flexibility index (Phi) is 3.74. The number of para-hydroxylation sites is 2. The van der Waals surface area contributed by atoms with Crippen LogP contribution in [-0.2, 0) is 9.31 Å². The molecule has 4 heteroatoms. The van der Waals surface area contributed by atoms with Crippen LogP contribution in [0.4, 0.5) is 0 Å². The van der Waals surface area contributed by atoms with Crippen molar-refractivity contribution >= 4 is 34.4 Å². The lowest BCUT2D eigenvalue weighted by atomic mass is 9.79. The molecule has 1 aliphatic rings. The summed E-state index contributed by atoms with van der Waals surface area (Å²) in [5.41, 5.74) is 3.69. The summed E-state index contributed by atoms with van der Waals surface area (Å²) < 4.78 is 14.8. The van der Waals surface area contributed by atoms with Crippen LogP contribution in [-0.4, -0.2) is 22.9 Å². The van der Waals surface area contributed by atoms with Crippen LogP contribution < -0.4 is 5.46 Å². The van der Waals surface area contributed by atoms with Gasteiger partial charge in [-0.05, 0) is 63.5 Å². The minimum atomic E-state index is -0.394. The molecule has 0 spiro atoms. The highest BCUT2D eigenvalue weighted by Crippen LogP contribution is 2.37. The summed E-state index contributed by atoms with van der Waals surface area (Å²) in [7, 11) is -0.394. The predicted molar refractivity (Wildman–Crippen MR) is 115 cm³/mol. The second-order valence-corrected chi connectivity index (χ2v) is 8.48. The first-order valence-corrected chi connectivity index (χ1v) is 9.73. The minimum Gasteiger partial charge on any atom is -0.399 e. The monoisotopic (exact) mass is 368 g/mol. The molecule has 1 radical (unpaired) electrons. The third-order valence-corrected chi connectivity index (χ3v) is 6.16. The van der Waals surface area contributed by atoms with E-state index in [1.165, 1.54) is 21.8 Å². The van der Waals surface area contributed by atoms with Crippen molar-refractivity contribution in [2.24, 2.45) is 0 Å². The Morgan fingerprint density at radius 3 is 1.89 bits per heavy atom. The average molecular weight is 368 g/mol. The highest BCUT2D eigenvalue weighted by Gasteiger charge is 2.51. The van der Waals surface area contributed by atoms with Gasteiger partial charge in [0.15, 0.2) is 0 Å². The quantitative estimate of drug-likeness (QED) is 0.471. The molecule has 28 heavy (non-hydrogen) atoms. The van der Waals surface area contributed by atoms with E-state index in [4.69, 9.17) is 9.31 Å². The van der Waals surface area contributed by atoms with Crippen molar-refractivity contribution in [2.45, 2.75) is 38.9 Å². The zero-order valence-electron chi connectivity index (χ0n) is 16.7. The topological polar surface area (TPSA) is 23.4 Å². The van der Waals surface area contributed by atoms with Crippen molar-refractivity contribution in [3.63, 3.8) is 0 Å². The standard InChI is InChI=1S/C24H23BNO2/c1-23(2)24(3,4)28-25(27-23)17-10-9-11-18(16-17)26-21-14-7-5-12-19(21)20-13-6-8-15-22(20)26/h5-8,10-16H,1-4H3. The van der Waals surface area contributed by atoms with Crippen molar-refractivity contribution in [1.82, 2.24) is 4.57 Å². The van der Waals surface area contributed by atoms with Crippen molar-refractivity contribution in [3.8, 4) is 5.69 Å². The van der Waals surface area contributed by atoms with Gasteiger partial charge in [0, 0.05) is 16.5 Å². The number of benzene rings is 3. The largest absolute Gasteiger partial charge is 0.494 e. The maximum Gasteiger partial charge on any atom is 0.494 e. The molecule has 3 nitrogen and oxygen atoms in total. The van der Waals surface area contributed by atoms with Crippen LogP contribution in [0, 0.1) is 6.07 Å². The SMILES string of the molecule is CC1(C)OB(c2c[c]cc(-n3c4ccccc4c4ccccc43)c2)OC1(C)C. The number of nitrogens with zero attached hydrogens (tertiary/aromatic N) is 1. The minimum absolute atomic E-state index is 0.361. The van der Waals surface area contributed by atoms with Crippen LogP contribution in [0.5, 0.6) is 0 Å². The van der Waals surface area contributed by atoms with Crippen LogP contribution in [0.15, 0.2) is 66.7 Å². The van der Waals surface area contributed by atoms with Gasteiger partial charge in [-0.15, -0.1) is 0 Å². The van der Waals surface area contributed by atoms with Crippen molar-refractivity contribution < 1.29 is 9.31 Å². The third kappa shape index (κ3) is 2.52. The zero-order chi connectivity index (χ0) is 19.5. The van der Waals surface area contributed by atoms with Gasteiger partial charge < -0.3 is 13.9 Å². The van der Waals surface area contributed by atoms with Gasteiger partial charge in [0.2, 0.25) is 0 Å². The van der Waals surface area contributed by atoms with Crippen molar-refractivity contribution in [2.75, 3.05) is 0 Å². The third-order valence-electron chi connectivity index (χ3n) is 6.16. The summed E-state index contributed by atoms with van der Waals surface area (Å²) >= 11 is 0. The molecule has 1 aliphatic heterocycles. The Morgan fingerprint density at radius 1 is 0.786 bits per heavy atom. The van der Waals surface area contributed by atoms with Crippen LogP contribution in [0.3, 0.4) is 0 Å². The summed E-state index contributed by atoms with van der Waals surface area (Å²) in [5.74, 6) is 0. The summed E-state index contributed by atoms with van der Waals surface area (Å²) in [5, 5.41) is 2.50. The highest BCUT2D eigenvalue weighted by atomic mass is 16.7. The maximum atomic E-state index is 6.25. The second-order valence-electron chi connectivity index (χ2n) is 8.48. The Hall–Kier alpha value is -2.56. The molecule has 139 valence electrons. The molecular weight excluding hydrogens is 345 g/mol. The molecule has 0 aliphatic carbocycles. The van der Waals surface area contributed by atoms with Crippen molar-refractivity contribution in [1.29, 1.82) is 0 Å². The second kappa shape index (κ2) is 5.97. The normalized spacial score (nSPS) is 18.2. The van der Waals surface area contributed by atoms with E-state index in [1.807, 2.05) is 12.1 Å². The molecule has 0 atom stereocenters. The Bertz CT molecular complexity index is 1120. The van der Waals surface area contributed by atoms with Crippen LogP contribution >= 0.6 is 0 Å². The van der Waals surface area contributed by atoms with E-state index < -0.39 is 7.12 Å². The molecule has 2 heterocycles. The van der Waals surface area contributed by atoms with Gasteiger partial charge in [0.1, 0.15) is 0 Å². The molecule has 0 unspecified atom stereocenters. The number of aromatic nitrogens is 1. The number of hydrogen-bond acceptors (Lipinski definition) is 2. The van der Waals surface area contributed by atoms with E-state index in [2.05, 4.69) is 92.9 Å². The summed E-state index contributed by atoms with van der Waals surface area (Å²) in [6.45, 7) is 8.31. The van der Waals surface area contributed by atoms with Crippen LogP contribution in [0.2, 0.25) is 0 Å². The molecule has 1 aromatic heterocycles. The Balaban J connectivity index is 1.67. The summed E-state index contributed by atoms with van der Waals surface area (Å²) in [4.78, 5) is 0. The first-order valence-electron chi connectivity index (χ1n) is 9.73. The summed E-state index contributed by atoms with van der Waals surface area (Å²) in [6.07, 6.45) is 0. The van der Waals surface area contributed by atoms with Gasteiger partial charge in [-0.2, -0.15) is 0 Å². The van der Waals surface area contributed by atoms with Gasteiger partial charge in [0.05, 0.1) is 22.2 Å². The van der Waals surface area contributed by atoms with Gasteiger partial charge in [-0.25, -0.2) is 0 Å². The van der Waals surface area contributed by atoms with Gasteiger partial charge in [-0.1, -0.05) is 42.5 Å². The van der Waals surface area contributed by atoms with Gasteiger partial charge >= 0.3 is 7.12 Å². The Labute approximate surface area is 166 Å². The number of fused-ring (bicyclic) bond motifs is 3. The number of hydrogen-bond donors (Lipinski definition) is 0. The van der Waals surface area contributed by atoms with Gasteiger partial charge in [0.25, 0.3) is 0 Å². The smallest absolute Gasteiger partial charge is 0.399 e. The van der Waals surface area contributed by atoms with E-state index in [1.54, 1.807) is 0 Å². The van der Waals surface area contributed by atoms with Crippen LogP contribution in [0.25, 0.3) is 27.5 Å². The van der Waals surface area contributed by atoms with E-state index in [-0.39, 0.29) is 11.2 Å². The molecule has 1 saturated heterocycles.